The molecule has 6 nitrogen and oxygen atoms in total. The topological polar surface area (TPSA) is 78.1 Å². The molecule has 0 spiro atoms. The molecule has 2 amide bonds. The lowest BCUT2D eigenvalue weighted by Gasteiger charge is -2.18. The zero-order valence-electron chi connectivity index (χ0n) is 17.2. The molecule has 0 unspecified atom stereocenters. The van der Waals surface area contributed by atoms with Crippen molar-refractivity contribution in [3.05, 3.63) is 63.9 Å². The summed E-state index contributed by atoms with van der Waals surface area (Å²) in [5.41, 5.74) is 3.40. The van der Waals surface area contributed by atoms with Gasteiger partial charge in [-0.1, -0.05) is 11.6 Å². The molecule has 1 atom stereocenters. The predicted octanol–water partition coefficient (Wildman–Crippen LogP) is 4.26. The number of hydrogen-bond donors (Lipinski definition) is 2. The molecule has 1 fully saturated rings. The summed E-state index contributed by atoms with van der Waals surface area (Å²) in [6.07, 6.45) is 7.89. The molecule has 31 heavy (non-hydrogen) atoms. The van der Waals surface area contributed by atoms with Crippen LogP contribution in [0, 0.1) is 19.3 Å². The number of likely N-dealkylation sites (tertiary alicyclic amines) is 1. The number of terminal acetylenes is 1. The van der Waals surface area contributed by atoms with E-state index < -0.39 is 6.04 Å². The van der Waals surface area contributed by atoms with Crippen LogP contribution in [0.25, 0.3) is 11.0 Å². The van der Waals surface area contributed by atoms with Gasteiger partial charge in [0.2, 0.25) is 0 Å². The van der Waals surface area contributed by atoms with Gasteiger partial charge in [0.1, 0.15) is 5.82 Å². The van der Waals surface area contributed by atoms with Crippen LogP contribution in [0.3, 0.4) is 0 Å². The number of carbonyl (C=O) groups excluding carboxylic acids is 2. The number of amides is 2. The van der Waals surface area contributed by atoms with Crippen molar-refractivity contribution in [3.8, 4) is 12.3 Å². The summed E-state index contributed by atoms with van der Waals surface area (Å²) in [5.74, 6) is 2.91. The van der Waals surface area contributed by atoms with Crippen LogP contribution in [0.1, 0.15) is 57.4 Å². The van der Waals surface area contributed by atoms with Crippen molar-refractivity contribution in [2.45, 2.75) is 32.2 Å². The summed E-state index contributed by atoms with van der Waals surface area (Å²) >= 11 is 6.04. The number of rotatable bonds is 5. The molecule has 1 saturated heterocycles. The van der Waals surface area contributed by atoms with E-state index in [1.807, 2.05) is 17.9 Å². The normalized spacial score (nSPS) is 14.4. The smallest absolute Gasteiger partial charge is 0.254 e. The highest BCUT2D eigenvalue weighted by atomic mass is 35.5. The molecule has 0 bridgehead atoms. The summed E-state index contributed by atoms with van der Waals surface area (Å²) in [7, 11) is 0. The maximum Gasteiger partial charge on any atom is 0.254 e. The van der Waals surface area contributed by atoms with Gasteiger partial charge in [-0.25, -0.2) is 4.98 Å². The van der Waals surface area contributed by atoms with E-state index >= 15 is 0 Å². The number of imidazole rings is 1. The average Bonchev–Trinajstić information content (AvgIpc) is 3.42. The fraction of sp³-hybridized carbons (Fsp3) is 0.292. The minimum absolute atomic E-state index is 0.0214. The van der Waals surface area contributed by atoms with Crippen LogP contribution in [0.15, 0.2) is 36.4 Å². The molecule has 1 aliphatic heterocycles. The Bertz CT molecular complexity index is 1190. The molecule has 1 aromatic heterocycles. The maximum atomic E-state index is 12.9. The number of hydrogen-bond acceptors (Lipinski definition) is 3. The van der Waals surface area contributed by atoms with Crippen LogP contribution in [0.5, 0.6) is 0 Å². The molecule has 158 valence electrons. The standard InChI is InChI=1S/C24H23ClN4O2/c1-3-6-20(22-26-19-10-8-17(25)14-21(19)27-22)28-23(30)16-7-9-18(15(2)13-16)24(31)29-11-4-5-12-29/h1,7-10,13-14,20H,4-6,11-12H2,2H3,(H,26,27)(H,28,30)/t20-/m0/s1. The van der Waals surface area contributed by atoms with Gasteiger partial charge in [0.15, 0.2) is 0 Å². The summed E-state index contributed by atoms with van der Waals surface area (Å²) in [6.45, 7) is 3.43. The van der Waals surface area contributed by atoms with Crippen molar-refractivity contribution < 1.29 is 9.59 Å². The zero-order chi connectivity index (χ0) is 22.0. The molecule has 1 aliphatic rings. The van der Waals surface area contributed by atoms with Crippen LogP contribution in [0.2, 0.25) is 5.02 Å². The Kier molecular flexibility index (Phi) is 5.97. The molecule has 0 saturated carbocycles. The highest BCUT2D eigenvalue weighted by molar-refractivity contribution is 6.31. The highest BCUT2D eigenvalue weighted by Gasteiger charge is 2.23. The monoisotopic (exact) mass is 434 g/mol. The van der Waals surface area contributed by atoms with Gasteiger partial charge >= 0.3 is 0 Å². The first kappa shape index (κ1) is 21.0. The minimum atomic E-state index is -0.477. The van der Waals surface area contributed by atoms with Gasteiger partial charge in [0.25, 0.3) is 11.8 Å². The SMILES string of the molecule is C#CC[C@H](NC(=O)c1ccc(C(=O)N2CCCC2)c(C)c1)c1nc2cc(Cl)ccc2[nH]1. The number of aryl methyl sites for hydroxylation is 1. The second kappa shape index (κ2) is 8.83. The van der Waals surface area contributed by atoms with Gasteiger partial charge < -0.3 is 15.2 Å². The van der Waals surface area contributed by atoms with Crippen LogP contribution in [-0.2, 0) is 0 Å². The number of aromatic amines is 1. The van der Waals surface area contributed by atoms with E-state index in [2.05, 4.69) is 21.2 Å². The molecule has 7 heteroatoms. The lowest BCUT2D eigenvalue weighted by Crippen LogP contribution is -2.30. The van der Waals surface area contributed by atoms with Crippen molar-refractivity contribution in [1.82, 2.24) is 20.2 Å². The first-order valence-electron chi connectivity index (χ1n) is 10.3. The summed E-state index contributed by atoms with van der Waals surface area (Å²) < 4.78 is 0. The molecular formula is C24H23ClN4O2. The second-order valence-electron chi connectivity index (χ2n) is 7.75. The van der Waals surface area contributed by atoms with Crippen LogP contribution in [0.4, 0.5) is 0 Å². The second-order valence-corrected chi connectivity index (χ2v) is 8.18. The van der Waals surface area contributed by atoms with Crippen molar-refractivity contribution in [2.75, 3.05) is 13.1 Å². The number of nitrogens with zero attached hydrogens (tertiary/aromatic N) is 2. The number of benzene rings is 2. The number of carbonyl (C=O) groups is 2. The van der Waals surface area contributed by atoms with Gasteiger partial charge in [-0.05, 0) is 61.7 Å². The Hall–Kier alpha value is -3.30. The van der Waals surface area contributed by atoms with Crippen molar-refractivity contribution >= 4 is 34.4 Å². The van der Waals surface area contributed by atoms with E-state index in [4.69, 9.17) is 18.0 Å². The third-order valence-electron chi connectivity index (χ3n) is 5.53. The fourth-order valence-corrected chi connectivity index (χ4v) is 4.04. The molecule has 0 radical (unpaired) electrons. The Morgan fingerprint density at radius 1 is 1.26 bits per heavy atom. The lowest BCUT2D eigenvalue weighted by atomic mass is 10.0. The summed E-state index contributed by atoms with van der Waals surface area (Å²) in [5, 5.41) is 3.54. The number of fused-ring (bicyclic) bond motifs is 1. The van der Waals surface area contributed by atoms with Crippen molar-refractivity contribution in [3.63, 3.8) is 0 Å². The number of halogens is 1. The van der Waals surface area contributed by atoms with Gasteiger partial charge in [0, 0.05) is 35.7 Å². The largest absolute Gasteiger partial charge is 0.341 e. The Labute approximate surface area is 186 Å². The van der Waals surface area contributed by atoms with Crippen molar-refractivity contribution in [2.24, 2.45) is 0 Å². The number of nitrogens with one attached hydrogen (secondary N) is 2. The number of aromatic nitrogens is 2. The van der Waals surface area contributed by atoms with E-state index in [1.165, 1.54) is 0 Å². The highest BCUT2D eigenvalue weighted by Crippen LogP contribution is 2.22. The molecule has 4 rings (SSSR count). The summed E-state index contributed by atoms with van der Waals surface area (Å²) in [6, 6.07) is 10.0. The summed E-state index contributed by atoms with van der Waals surface area (Å²) in [4.78, 5) is 35.2. The minimum Gasteiger partial charge on any atom is -0.341 e. The first-order chi connectivity index (χ1) is 15.0. The van der Waals surface area contributed by atoms with E-state index in [-0.39, 0.29) is 18.2 Å². The zero-order valence-corrected chi connectivity index (χ0v) is 18.0. The molecule has 2 heterocycles. The Balaban J connectivity index is 1.54. The molecular weight excluding hydrogens is 412 g/mol. The van der Waals surface area contributed by atoms with E-state index in [1.54, 1.807) is 30.3 Å². The van der Waals surface area contributed by atoms with E-state index in [0.29, 0.717) is 27.5 Å². The van der Waals surface area contributed by atoms with E-state index in [9.17, 15) is 9.59 Å². The van der Waals surface area contributed by atoms with Crippen molar-refractivity contribution in [1.29, 1.82) is 0 Å². The third kappa shape index (κ3) is 4.42. The van der Waals surface area contributed by atoms with Crippen LogP contribution < -0.4 is 5.32 Å². The number of H-pyrrole nitrogens is 1. The van der Waals surface area contributed by atoms with Gasteiger partial charge in [-0.2, -0.15) is 0 Å². The van der Waals surface area contributed by atoms with Gasteiger partial charge in [-0.3, -0.25) is 9.59 Å². The van der Waals surface area contributed by atoms with Gasteiger partial charge in [-0.15, -0.1) is 12.3 Å². The molecule has 2 aromatic carbocycles. The average molecular weight is 435 g/mol. The molecule has 0 aliphatic carbocycles. The quantitative estimate of drug-likeness (QED) is 0.589. The Morgan fingerprint density at radius 3 is 2.74 bits per heavy atom. The third-order valence-corrected chi connectivity index (χ3v) is 5.77. The van der Waals surface area contributed by atoms with Crippen LogP contribution >= 0.6 is 11.6 Å². The maximum absolute atomic E-state index is 12.9. The van der Waals surface area contributed by atoms with Gasteiger partial charge in [0.05, 0.1) is 17.1 Å². The molecule has 2 N–H and O–H groups in total. The Morgan fingerprint density at radius 2 is 2.03 bits per heavy atom. The predicted molar refractivity (Wildman–Crippen MR) is 121 cm³/mol. The van der Waals surface area contributed by atoms with E-state index in [0.717, 1.165) is 37.0 Å². The molecule has 3 aromatic rings. The first-order valence-corrected chi connectivity index (χ1v) is 10.6. The van der Waals surface area contributed by atoms with Crippen LogP contribution in [-0.4, -0.2) is 39.8 Å². The fourth-order valence-electron chi connectivity index (χ4n) is 3.87. The lowest BCUT2D eigenvalue weighted by molar-refractivity contribution is 0.0791.